The fourth-order valence-electron chi connectivity index (χ4n) is 1.41. The van der Waals surface area contributed by atoms with Crippen molar-refractivity contribution in [3.63, 3.8) is 0 Å². The zero-order chi connectivity index (χ0) is 12.1. The van der Waals surface area contributed by atoms with E-state index in [-0.39, 0.29) is 0 Å². The highest BCUT2D eigenvalue weighted by Crippen LogP contribution is 2.27. The molecule has 5 heteroatoms. The van der Waals surface area contributed by atoms with Crippen molar-refractivity contribution < 1.29 is 4.74 Å². The second-order valence-corrected chi connectivity index (χ2v) is 3.80. The van der Waals surface area contributed by atoms with Crippen LogP contribution in [0.25, 0.3) is 0 Å². The van der Waals surface area contributed by atoms with Crippen molar-refractivity contribution in [2.45, 2.75) is 6.54 Å². The van der Waals surface area contributed by atoms with Crippen LogP contribution in [0, 0.1) is 0 Å². The summed E-state index contributed by atoms with van der Waals surface area (Å²) in [7, 11) is 1.62. The molecule has 2 aromatic rings. The van der Waals surface area contributed by atoms with Crippen LogP contribution in [0.3, 0.4) is 0 Å². The van der Waals surface area contributed by atoms with Crippen molar-refractivity contribution in [3.8, 4) is 5.75 Å². The quantitative estimate of drug-likeness (QED) is 0.905. The molecular formula is C12H12ClN3O. The van der Waals surface area contributed by atoms with Gasteiger partial charge in [0, 0.05) is 17.4 Å². The van der Waals surface area contributed by atoms with E-state index >= 15 is 0 Å². The molecule has 2 rings (SSSR count). The Morgan fingerprint density at radius 1 is 1.29 bits per heavy atom. The Morgan fingerprint density at radius 2 is 2.06 bits per heavy atom. The maximum atomic E-state index is 5.93. The molecule has 0 bridgehead atoms. The number of hydrogen-bond donors (Lipinski definition) is 1. The summed E-state index contributed by atoms with van der Waals surface area (Å²) in [5.74, 6) is 1.46. The van der Waals surface area contributed by atoms with Crippen LogP contribution in [0.15, 0.2) is 36.7 Å². The van der Waals surface area contributed by atoms with Crippen LogP contribution in [-0.2, 0) is 6.54 Å². The number of halogens is 1. The number of anilines is 1. The largest absolute Gasteiger partial charge is 0.495 e. The van der Waals surface area contributed by atoms with Gasteiger partial charge < -0.3 is 10.1 Å². The van der Waals surface area contributed by atoms with Gasteiger partial charge in [-0.25, -0.2) is 9.97 Å². The third-order valence-electron chi connectivity index (χ3n) is 2.22. The van der Waals surface area contributed by atoms with Gasteiger partial charge in [0.15, 0.2) is 0 Å². The lowest BCUT2D eigenvalue weighted by Crippen LogP contribution is -2.04. The Morgan fingerprint density at radius 3 is 2.76 bits per heavy atom. The van der Waals surface area contributed by atoms with Crippen molar-refractivity contribution in [3.05, 3.63) is 47.5 Å². The van der Waals surface area contributed by atoms with Crippen LogP contribution >= 0.6 is 11.6 Å². The van der Waals surface area contributed by atoms with E-state index in [4.69, 9.17) is 16.3 Å². The average molecular weight is 250 g/mol. The summed E-state index contributed by atoms with van der Waals surface area (Å²) in [6, 6.07) is 7.19. The van der Waals surface area contributed by atoms with Gasteiger partial charge in [-0.05, 0) is 24.3 Å². The molecule has 17 heavy (non-hydrogen) atoms. The van der Waals surface area contributed by atoms with Crippen LogP contribution < -0.4 is 10.1 Å². The van der Waals surface area contributed by atoms with E-state index in [1.165, 1.54) is 0 Å². The maximum Gasteiger partial charge on any atom is 0.147 e. The first-order valence-corrected chi connectivity index (χ1v) is 5.50. The second kappa shape index (κ2) is 5.50. The van der Waals surface area contributed by atoms with Crippen molar-refractivity contribution in [2.75, 3.05) is 12.4 Å². The lowest BCUT2D eigenvalue weighted by Gasteiger charge is -2.10. The summed E-state index contributed by atoms with van der Waals surface area (Å²) in [5.41, 5.74) is 0.826. The number of ether oxygens (including phenoxy) is 1. The van der Waals surface area contributed by atoms with E-state index in [1.807, 2.05) is 12.1 Å². The molecule has 1 heterocycles. The monoisotopic (exact) mass is 249 g/mol. The zero-order valence-corrected chi connectivity index (χ0v) is 10.1. The number of hydrogen-bond acceptors (Lipinski definition) is 4. The Bertz CT molecular complexity index is 490. The normalized spacial score (nSPS) is 10.0. The molecule has 0 fully saturated rings. The minimum absolute atomic E-state index is 0.525. The number of rotatable bonds is 4. The van der Waals surface area contributed by atoms with Crippen molar-refractivity contribution >= 4 is 17.3 Å². The van der Waals surface area contributed by atoms with Gasteiger partial charge in [0.1, 0.15) is 11.6 Å². The topological polar surface area (TPSA) is 47.0 Å². The first-order chi connectivity index (χ1) is 8.29. The Labute approximate surface area is 105 Å². The lowest BCUT2D eigenvalue weighted by atomic mass is 10.3. The summed E-state index contributed by atoms with van der Waals surface area (Å²) in [5, 5.41) is 3.84. The van der Waals surface area contributed by atoms with E-state index in [2.05, 4.69) is 15.3 Å². The van der Waals surface area contributed by atoms with Crippen molar-refractivity contribution in [1.82, 2.24) is 9.97 Å². The van der Waals surface area contributed by atoms with Crippen LogP contribution in [0.5, 0.6) is 5.75 Å². The van der Waals surface area contributed by atoms with Crippen LogP contribution in [0.2, 0.25) is 5.02 Å². The van der Waals surface area contributed by atoms with Gasteiger partial charge in [-0.15, -0.1) is 0 Å². The number of methoxy groups -OCH3 is 1. The number of nitrogens with zero attached hydrogens (tertiary/aromatic N) is 2. The highest BCUT2D eigenvalue weighted by Gasteiger charge is 2.03. The minimum atomic E-state index is 0.525. The zero-order valence-electron chi connectivity index (χ0n) is 9.35. The number of aromatic nitrogens is 2. The molecule has 0 aliphatic heterocycles. The highest BCUT2D eigenvalue weighted by molar-refractivity contribution is 6.30. The fourth-order valence-corrected chi connectivity index (χ4v) is 1.59. The molecule has 0 saturated carbocycles. The van der Waals surface area contributed by atoms with E-state index in [0.717, 1.165) is 17.3 Å². The average Bonchev–Trinajstić information content (AvgIpc) is 2.38. The summed E-state index contributed by atoms with van der Waals surface area (Å²) >= 11 is 5.93. The molecule has 0 saturated heterocycles. The van der Waals surface area contributed by atoms with Crippen molar-refractivity contribution in [1.29, 1.82) is 0 Å². The molecule has 0 atom stereocenters. The van der Waals surface area contributed by atoms with Gasteiger partial charge in [-0.3, -0.25) is 0 Å². The van der Waals surface area contributed by atoms with Gasteiger partial charge in [0.05, 0.1) is 19.3 Å². The Kier molecular flexibility index (Phi) is 3.77. The third-order valence-corrected chi connectivity index (χ3v) is 2.45. The van der Waals surface area contributed by atoms with Gasteiger partial charge >= 0.3 is 0 Å². The molecule has 0 aliphatic carbocycles. The molecule has 0 radical (unpaired) electrons. The predicted octanol–water partition coefficient (Wildman–Crippen LogP) is 2.75. The van der Waals surface area contributed by atoms with E-state index < -0.39 is 0 Å². The van der Waals surface area contributed by atoms with E-state index in [0.29, 0.717) is 11.6 Å². The van der Waals surface area contributed by atoms with Crippen LogP contribution in [0.4, 0.5) is 5.69 Å². The maximum absolute atomic E-state index is 5.93. The molecular weight excluding hydrogens is 238 g/mol. The lowest BCUT2D eigenvalue weighted by molar-refractivity contribution is 0.416. The molecule has 0 unspecified atom stereocenters. The molecule has 1 N–H and O–H groups in total. The molecule has 0 aliphatic rings. The smallest absolute Gasteiger partial charge is 0.147 e. The Hall–Kier alpha value is -1.81. The van der Waals surface area contributed by atoms with Crippen molar-refractivity contribution in [2.24, 2.45) is 0 Å². The molecule has 0 spiro atoms. The van der Waals surface area contributed by atoms with Gasteiger partial charge in [0.25, 0.3) is 0 Å². The first kappa shape index (κ1) is 11.7. The molecule has 4 nitrogen and oxygen atoms in total. The van der Waals surface area contributed by atoms with Gasteiger partial charge in [0.2, 0.25) is 0 Å². The molecule has 1 aromatic carbocycles. The second-order valence-electron chi connectivity index (χ2n) is 3.36. The molecule has 0 amide bonds. The molecule has 1 aromatic heterocycles. The van der Waals surface area contributed by atoms with E-state index in [9.17, 15) is 0 Å². The van der Waals surface area contributed by atoms with Crippen LogP contribution in [-0.4, -0.2) is 17.1 Å². The standard InChI is InChI=1S/C12H12ClN3O/c1-17-11-4-3-9(13)7-10(11)16-8-12-14-5-2-6-15-12/h2-7,16H,8H2,1H3. The minimum Gasteiger partial charge on any atom is -0.495 e. The van der Waals surface area contributed by atoms with Gasteiger partial charge in [-0.1, -0.05) is 11.6 Å². The highest BCUT2D eigenvalue weighted by atomic mass is 35.5. The first-order valence-electron chi connectivity index (χ1n) is 5.13. The summed E-state index contributed by atoms with van der Waals surface area (Å²) in [6.45, 7) is 0.525. The predicted molar refractivity (Wildman–Crippen MR) is 67.4 cm³/mol. The Balaban J connectivity index is 2.11. The van der Waals surface area contributed by atoms with E-state index in [1.54, 1.807) is 31.6 Å². The fraction of sp³-hybridized carbons (Fsp3) is 0.167. The SMILES string of the molecule is COc1ccc(Cl)cc1NCc1ncccn1. The summed E-state index contributed by atoms with van der Waals surface area (Å²) in [4.78, 5) is 8.25. The number of benzene rings is 1. The van der Waals surface area contributed by atoms with Crippen LogP contribution in [0.1, 0.15) is 5.82 Å². The van der Waals surface area contributed by atoms with Gasteiger partial charge in [-0.2, -0.15) is 0 Å². The number of nitrogens with one attached hydrogen (secondary N) is 1. The molecule has 88 valence electrons. The summed E-state index contributed by atoms with van der Waals surface area (Å²) in [6.07, 6.45) is 3.42. The third kappa shape index (κ3) is 3.07. The summed E-state index contributed by atoms with van der Waals surface area (Å²) < 4.78 is 5.23.